The molecule has 5 aromatic carbocycles. The summed E-state index contributed by atoms with van der Waals surface area (Å²) in [5.74, 6) is 2.41. The average Bonchev–Trinajstić information content (AvgIpc) is 3.12. The molecule has 0 fully saturated rings. The van der Waals surface area contributed by atoms with E-state index in [1.165, 1.54) is 16.7 Å². The summed E-state index contributed by atoms with van der Waals surface area (Å²) in [6, 6.07) is 46.2. The van der Waals surface area contributed by atoms with Crippen LogP contribution >= 0.6 is 0 Å². The van der Waals surface area contributed by atoms with E-state index in [9.17, 15) is 0 Å². The van der Waals surface area contributed by atoms with Crippen molar-refractivity contribution in [2.24, 2.45) is 0 Å². The summed E-state index contributed by atoms with van der Waals surface area (Å²) in [4.78, 5) is 0. The maximum absolute atomic E-state index is 8.05. The number of benzene rings is 5. The van der Waals surface area contributed by atoms with Crippen LogP contribution < -0.4 is 14.2 Å². The molecule has 242 valence electrons. The number of hydrogen-bond acceptors (Lipinski definition) is 6. The number of nitriles is 3. The Morgan fingerprint density at radius 2 is 0.702 bits per heavy atom. The van der Waals surface area contributed by atoms with E-state index in [2.05, 4.69) is 90.4 Å². The van der Waals surface area contributed by atoms with Crippen molar-refractivity contribution in [1.29, 1.82) is 15.8 Å². The second-order valence-electron chi connectivity index (χ2n) is 9.61. The van der Waals surface area contributed by atoms with E-state index in [-0.39, 0.29) is 7.43 Å². The topological polar surface area (TPSA) is 99.1 Å². The molecule has 0 radical (unpaired) electrons. The molecule has 0 N–H and O–H groups in total. The zero-order valence-corrected chi connectivity index (χ0v) is 26.9. The van der Waals surface area contributed by atoms with Crippen LogP contribution in [0, 0.1) is 34.6 Å². The van der Waals surface area contributed by atoms with Gasteiger partial charge in [-0.1, -0.05) is 144 Å². The summed E-state index contributed by atoms with van der Waals surface area (Å²) in [6.45, 7) is 8.77. The molecule has 0 aliphatic carbocycles. The first-order valence-corrected chi connectivity index (χ1v) is 14.9. The SMILES string of the molecule is C.CC(C)c1ccccc1.CCc1ccc(CC)cc1.N#COc1ccccc1.N#COc1ccccc1.N#COc1ccccc1. The molecule has 0 heterocycles. The third-order valence-electron chi connectivity index (χ3n) is 6.03. The van der Waals surface area contributed by atoms with Crippen LogP contribution in [0.15, 0.2) is 146 Å². The fourth-order valence-electron chi connectivity index (χ4n) is 3.47. The summed E-state index contributed by atoms with van der Waals surface area (Å²) in [7, 11) is 0. The van der Waals surface area contributed by atoms with E-state index < -0.39 is 0 Å². The van der Waals surface area contributed by atoms with E-state index in [1.54, 1.807) is 55.2 Å². The van der Waals surface area contributed by atoms with Crippen molar-refractivity contribution in [3.8, 4) is 36.0 Å². The molecular formula is C41H45N3O3. The zero-order valence-electron chi connectivity index (χ0n) is 26.9. The molecule has 0 aliphatic heterocycles. The molecule has 0 unspecified atom stereocenters. The fourth-order valence-corrected chi connectivity index (χ4v) is 3.47. The van der Waals surface area contributed by atoms with Crippen LogP contribution in [0.1, 0.15) is 57.7 Å². The summed E-state index contributed by atoms with van der Waals surface area (Å²) < 4.78 is 13.5. The van der Waals surface area contributed by atoms with E-state index in [4.69, 9.17) is 15.8 Å². The highest BCUT2D eigenvalue weighted by Crippen LogP contribution is 2.12. The van der Waals surface area contributed by atoms with Gasteiger partial charge in [0.05, 0.1) is 0 Å². The molecule has 0 spiro atoms. The number of hydrogen-bond donors (Lipinski definition) is 0. The summed E-state index contributed by atoms with van der Waals surface area (Å²) >= 11 is 0. The van der Waals surface area contributed by atoms with E-state index >= 15 is 0 Å². The van der Waals surface area contributed by atoms with Gasteiger partial charge in [-0.3, -0.25) is 0 Å². The van der Waals surface area contributed by atoms with E-state index in [1.807, 2.05) is 60.7 Å². The molecule has 6 heteroatoms. The Bertz CT molecular complexity index is 1410. The summed E-state index contributed by atoms with van der Waals surface area (Å²) in [5.41, 5.74) is 4.27. The Morgan fingerprint density at radius 3 is 0.894 bits per heavy atom. The van der Waals surface area contributed by atoms with Crippen molar-refractivity contribution in [1.82, 2.24) is 0 Å². The highest BCUT2D eigenvalue weighted by atomic mass is 16.5. The maximum atomic E-state index is 8.05. The quantitative estimate of drug-likeness (QED) is 0.174. The molecule has 47 heavy (non-hydrogen) atoms. The number of aryl methyl sites for hydroxylation is 2. The lowest BCUT2D eigenvalue weighted by Crippen LogP contribution is -1.83. The number of ether oxygens (including phenoxy) is 3. The van der Waals surface area contributed by atoms with Crippen LogP contribution in [0.25, 0.3) is 0 Å². The third kappa shape index (κ3) is 20.5. The van der Waals surface area contributed by atoms with Gasteiger partial charge in [-0.25, -0.2) is 0 Å². The van der Waals surface area contributed by atoms with Gasteiger partial charge in [0.25, 0.3) is 18.8 Å². The summed E-state index contributed by atoms with van der Waals surface area (Å²) in [6.07, 6.45) is 7.04. The maximum Gasteiger partial charge on any atom is 0.292 e. The Morgan fingerprint density at radius 1 is 0.447 bits per heavy atom. The Kier molecular flexibility index (Phi) is 24.0. The fraction of sp³-hybridized carbons (Fsp3) is 0.195. The van der Waals surface area contributed by atoms with Crippen LogP contribution in [-0.2, 0) is 12.8 Å². The van der Waals surface area contributed by atoms with E-state index in [0.29, 0.717) is 23.2 Å². The molecule has 5 rings (SSSR count). The van der Waals surface area contributed by atoms with Crippen molar-refractivity contribution >= 4 is 0 Å². The standard InChI is InChI=1S/C10H14.C9H12.3C7H5NO.CH4/c1-3-9-5-7-10(4-2)8-6-9;1-8(2)9-6-4-3-5-7-9;3*8-6-9-7-4-2-1-3-5-7;/h5-8H,3-4H2,1-2H3;3-8H,1-2H3;3*1-5H;1H4. The van der Waals surface area contributed by atoms with E-state index in [0.717, 1.165) is 12.8 Å². The average molecular weight is 628 g/mol. The van der Waals surface area contributed by atoms with Crippen molar-refractivity contribution in [2.75, 3.05) is 0 Å². The van der Waals surface area contributed by atoms with Crippen LogP contribution in [-0.4, -0.2) is 0 Å². The van der Waals surface area contributed by atoms with Crippen molar-refractivity contribution in [3.63, 3.8) is 0 Å². The van der Waals surface area contributed by atoms with Gasteiger partial charge in [0.15, 0.2) is 0 Å². The predicted octanol–water partition coefficient (Wildman–Crippen LogP) is 10.9. The Labute approximate surface area is 281 Å². The molecular weight excluding hydrogens is 582 g/mol. The second-order valence-corrected chi connectivity index (χ2v) is 9.61. The van der Waals surface area contributed by atoms with Gasteiger partial charge in [0, 0.05) is 0 Å². The molecule has 0 aliphatic rings. The van der Waals surface area contributed by atoms with Crippen molar-refractivity contribution in [3.05, 3.63) is 162 Å². The van der Waals surface area contributed by atoms with Crippen LogP contribution in [0.4, 0.5) is 0 Å². The van der Waals surface area contributed by atoms with Crippen LogP contribution in [0.2, 0.25) is 0 Å². The lowest BCUT2D eigenvalue weighted by Gasteiger charge is -2.01. The number of para-hydroxylation sites is 3. The van der Waals surface area contributed by atoms with Gasteiger partial charge >= 0.3 is 0 Å². The third-order valence-corrected chi connectivity index (χ3v) is 6.03. The highest BCUT2D eigenvalue weighted by Gasteiger charge is 1.93. The monoisotopic (exact) mass is 627 g/mol. The van der Waals surface area contributed by atoms with Gasteiger partial charge in [-0.15, -0.1) is 15.8 Å². The van der Waals surface area contributed by atoms with Gasteiger partial charge in [0.2, 0.25) is 0 Å². The second kappa shape index (κ2) is 27.5. The molecule has 0 amide bonds. The molecule has 6 nitrogen and oxygen atoms in total. The summed E-state index contributed by atoms with van der Waals surface area (Å²) in [5, 5.41) is 24.1. The normalized spacial score (nSPS) is 8.55. The number of rotatable bonds is 6. The minimum absolute atomic E-state index is 0. The first-order chi connectivity index (χ1) is 22.5. The van der Waals surface area contributed by atoms with Crippen LogP contribution in [0.5, 0.6) is 17.2 Å². The van der Waals surface area contributed by atoms with Gasteiger partial charge in [-0.2, -0.15) is 0 Å². The first-order valence-electron chi connectivity index (χ1n) is 14.9. The van der Waals surface area contributed by atoms with Crippen LogP contribution in [0.3, 0.4) is 0 Å². The molecule has 0 saturated carbocycles. The largest absolute Gasteiger partial charge is 0.388 e. The first kappa shape index (κ1) is 41.0. The smallest absolute Gasteiger partial charge is 0.292 e. The minimum Gasteiger partial charge on any atom is -0.388 e. The Balaban J connectivity index is 0.000000560. The zero-order chi connectivity index (χ0) is 33.7. The van der Waals surface area contributed by atoms with Crippen molar-refractivity contribution in [2.45, 2.75) is 53.9 Å². The van der Waals surface area contributed by atoms with Gasteiger partial charge in [0.1, 0.15) is 17.2 Å². The predicted molar refractivity (Wildman–Crippen MR) is 191 cm³/mol. The molecule has 0 atom stereocenters. The Hall–Kier alpha value is -6.03. The minimum atomic E-state index is 0. The molecule has 0 bridgehead atoms. The molecule has 0 aromatic heterocycles. The lowest BCUT2D eigenvalue weighted by molar-refractivity contribution is 0.507. The van der Waals surface area contributed by atoms with Gasteiger partial charge < -0.3 is 14.2 Å². The molecule has 5 aromatic rings. The number of nitrogens with zero attached hydrogens (tertiary/aromatic N) is 3. The molecule has 0 saturated heterocycles. The van der Waals surface area contributed by atoms with Gasteiger partial charge in [-0.05, 0) is 71.8 Å². The van der Waals surface area contributed by atoms with Crippen molar-refractivity contribution < 1.29 is 14.2 Å². The highest BCUT2D eigenvalue weighted by molar-refractivity contribution is 5.24. The lowest BCUT2D eigenvalue weighted by atomic mass is 10.0.